The lowest BCUT2D eigenvalue weighted by atomic mass is 10.2. The maximum absolute atomic E-state index is 5.77. The number of nitrogens with one attached hydrogen (secondary N) is 1. The van der Waals surface area contributed by atoms with Crippen LogP contribution in [0.4, 0.5) is 5.95 Å². The molecule has 9 nitrogen and oxygen atoms in total. The maximum atomic E-state index is 5.77. The molecule has 0 saturated carbocycles. The number of aromatic nitrogens is 6. The van der Waals surface area contributed by atoms with Gasteiger partial charge in [-0.1, -0.05) is 17.8 Å². The molecule has 1 aromatic carbocycles. The van der Waals surface area contributed by atoms with Gasteiger partial charge in [-0.25, -0.2) is 15.0 Å². The van der Waals surface area contributed by atoms with Crippen molar-refractivity contribution >= 4 is 23.5 Å². The van der Waals surface area contributed by atoms with Gasteiger partial charge in [-0.3, -0.25) is 0 Å². The number of thioether (sulfide) groups is 1. The second kappa shape index (κ2) is 8.38. The molecular formula is C21H21N7O2S. The largest absolute Gasteiger partial charge is 0.490 e. The average molecular weight is 436 g/mol. The summed E-state index contributed by atoms with van der Waals surface area (Å²) in [5.41, 5.74) is 3.63. The topological polar surface area (TPSA) is 99.4 Å². The normalized spacial score (nSPS) is 13.2. The van der Waals surface area contributed by atoms with Crippen LogP contribution in [0.1, 0.15) is 17.7 Å². The van der Waals surface area contributed by atoms with Crippen LogP contribution in [0, 0.1) is 6.92 Å². The molecule has 0 bridgehead atoms. The Morgan fingerprint density at radius 1 is 1.10 bits per heavy atom. The molecule has 0 amide bonds. The van der Waals surface area contributed by atoms with E-state index in [4.69, 9.17) is 9.47 Å². The van der Waals surface area contributed by atoms with Gasteiger partial charge in [-0.2, -0.15) is 9.50 Å². The molecule has 31 heavy (non-hydrogen) atoms. The number of hydrogen-bond donors (Lipinski definition) is 1. The first kappa shape index (κ1) is 19.6. The average Bonchev–Trinajstić information content (AvgIpc) is 3.09. The first-order valence-corrected chi connectivity index (χ1v) is 11.2. The van der Waals surface area contributed by atoms with Crippen LogP contribution in [0.25, 0.3) is 17.0 Å². The maximum Gasteiger partial charge on any atom is 0.253 e. The molecule has 0 fully saturated rings. The summed E-state index contributed by atoms with van der Waals surface area (Å²) in [5.74, 6) is 2.68. The molecule has 0 unspecified atom stereocenters. The summed E-state index contributed by atoms with van der Waals surface area (Å²) in [6.07, 6.45) is 6.34. The Balaban J connectivity index is 1.37. The summed E-state index contributed by atoms with van der Waals surface area (Å²) in [4.78, 5) is 17.8. The third kappa shape index (κ3) is 3.98. The van der Waals surface area contributed by atoms with Gasteiger partial charge in [-0.15, -0.1) is 5.10 Å². The molecule has 0 spiro atoms. The Hall–Kier alpha value is -3.40. The van der Waals surface area contributed by atoms with Crippen LogP contribution in [-0.2, 0) is 6.54 Å². The number of nitrogens with zero attached hydrogens (tertiary/aromatic N) is 6. The van der Waals surface area contributed by atoms with E-state index in [0.717, 1.165) is 40.4 Å². The lowest BCUT2D eigenvalue weighted by molar-refractivity contribution is 0.297. The summed E-state index contributed by atoms with van der Waals surface area (Å²) in [6, 6.07) is 7.81. The number of anilines is 1. The third-order valence-corrected chi connectivity index (χ3v) is 5.50. The van der Waals surface area contributed by atoms with Gasteiger partial charge in [0.1, 0.15) is 0 Å². The number of rotatable bonds is 5. The highest BCUT2D eigenvalue weighted by molar-refractivity contribution is 7.98. The van der Waals surface area contributed by atoms with E-state index in [-0.39, 0.29) is 0 Å². The summed E-state index contributed by atoms with van der Waals surface area (Å²) < 4.78 is 13.2. The highest BCUT2D eigenvalue weighted by Gasteiger charge is 2.14. The molecule has 4 aromatic rings. The zero-order chi connectivity index (χ0) is 21.2. The summed E-state index contributed by atoms with van der Waals surface area (Å²) >= 11 is 1.49. The van der Waals surface area contributed by atoms with Gasteiger partial charge < -0.3 is 14.8 Å². The zero-order valence-corrected chi connectivity index (χ0v) is 18.0. The van der Waals surface area contributed by atoms with Crippen molar-refractivity contribution in [3.05, 3.63) is 47.9 Å². The van der Waals surface area contributed by atoms with E-state index in [9.17, 15) is 0 Å². The minimum absolute atomic E-state index is 0.535. The smallest absolute Gasteiger partial charge is 0.253 e. The Kier molecular flexibility index (Phi) is 5.29. The van der Waals surface area contributed by atoms with E-state index in [1.54, 1.807) is 16.9 Å². The molecule has 0 saturated heterocycles. The minimum atomic E-state index is 0.535. The second-order valence-electron chi connectivity index (χ2n) is 7.02. The van der Waals surface area contributed by atoms with Gasteiger partial charge in [-0.05, 0) is 36.9 Å². The Labute approximate surface area is 183 Å². The van der Waals surface area contributed by atoms with Gasteiger partial charge >= 0.3 is 0 Å². The zero-order valence-electron chi connectivity index (χ0n) is 17.2. The third-order valence-electron chi connectivity index (χ3n) is 4.96. The number of aryl methyl sites for hydroxylation is 1. The van der Waals surface area contributed by atoms with Crippen molar-refractivity contribution < 1.29 is 9.47 Å². The van der Waals surface area contributed by atoms with Crippen molar-refractivity contribution in [2.24, 2.45) is 0 Å². The van der Waals surface area contributed by atoms with Crippen molar-refractivity contribution in [2.75, 3.05) is 24.8 Å². The van der Waals surface area contributed by atoms with Crippen LogP contribution in [-0.4, -0.2) is 49.0 Å². The minimum Gasteiger partial charge on any atom is -0.490 e. The van der Waals surface area contributed by atoms with Gasteiger partial charge in [0.15, 0.2) is 11.5 Å². The Bertz CT molecular complexity index is 1240. The van der Waals surface area contributed by atoms with Crippen LogP contribution in [0.3, 0.4) is 0 Å². The van der Waals surface area contributed by atoms with E-state index >= 15 is 0 Å². The van der Waals surface area contributed by atoms with Crippen LogP contribution >= 0.6 is 11.8 Å². The van der Waals surface area contributed by atoms with Crippen molar-refractivity contribution in [1.82, 2.24) is 29.5 Å². The van der Waals surface area contributed by atoms with E-state index in [1.165, 1.54) is 11.8 Å². The lowest BCUT2D eigenvalue weighted by Crippen LogP contribution is -2.05. The fourth-order valence-corrected chi connectivity index (χ4v) is 3.69. The first-order chi connectivity index (χ1) is 15.2. The molecule has 10 heteroatoms. The molecule has 1 aliphatic rings. The molecule has 0 radical (unpaired) electrons. The van der Waals surface area contributed by atoms with E-state index in [0.29, 0.717) is 36.6 Å². The van der Waals surface area contributed by atoms with Crippen molar-refractivity contribution in [3.63, 3.8) is 0 Å². The molecule has 0 atom stereocenters. The number of fused-ring (bicyclic) bond motifs is 2. The summed E-state index contributed by atoms with van der Waals surface area (Å²) in [5, 5.41) is 8.46. The highest BCUT2D eigenvalue weighted by Crippen LogP contribution is 2.30. The molecule has 4 heterocycles. The number of ether oxygens (including phenoxy) is 2. The molecule has 1 N–H and O–H groups in total. The molecule has 1 aliphatic heterocycles. The highest BCUT2D eigenvalue weighted by atomic mass is 32.2. The Morgan fingerprint density at radius 2 is 1.97 bits per heavy atom. The van der Waals surface area contributed by atoms with Gasteiger partial charge in [0.05, 0.1) is 24.6 Å². The van der Waals surface area contributed by atoms with Gasteiger partial charge in [0.25, 0.3) is 5.78 Å². The summed E-state index contributed by atoms with van der Waals surface area (Å²) in [6.45, 7) is 3.89. The predicted molar refractivity (Wildman–Crippen MR) is 118 cm³/mol. The van der Waals surface area contributed by atoms with Crippen LogP contribution in [0.15, 0.2) is 41.8 Å². The van der Waals surface area contributed by atoms with Gasteiger partial charge in [0.2, 0.25) is 11.1 Å². The van der Waals surface area contributed by atoms with Crippen molar-refractivity contribution in [3.8, 4) is 22.8 Å². The standard InChI is InChI=1S/C21H21N7O2S/c1-13-15(12-24-20-26-21(31-2)27-28(13)20)16-6-7-22-19(25-16)23-11-14-4-5-17-18(10-14)30-9-3-8-29-17/h4-7,10,12H,3,8-9,11H2,1-2H3,(H,22,23,25). The lowest BCUT2D eigenvalue weighted by Gasteiger charge is -2.11. The van der Waals surface area contributed by atoms with Crippen LogP contribution in [0.2, 0.25) is 0 Å². The van der Waals surface area contributed by atoms with Crippen molar-refractivity contribution in [2.45, 2.75) is 25.0 Å². The molecule has 0 aliphatic carbocycles. The Morgan fingerprint density at radius 3 is 2.84 bits per heavy atom. The number of hydrogen-bond acceptors (Lipinski definition) is 9. The first-order valence-electron chi connectivity index (χ1n) is 9.93. The number of benzene rings is 1. The molecule has 5 rings (SSSR count). The molecule has 158 valence electrons. The predicted octanol–water partition coefficient (Wildman–Crippen LogP) is 3.39. The fraction of sp³-hybridized carbons (Fsp3) is 0.286. The van der Waals surface area contributed by atoms with Crippen LogP contribution < -0.4 is 14.8 Å². The molecule has 3 aromatic heterocycles. The van der Waals surface area contributed by atoms with E-state index in [1.807, 2.05) is 37.4 Å². The quantitative estimate of drug-likeness (QED) is 0.473. The van der Waals surface area contributed by atoms with E-state index in [2.05, 4.69) is 30.4 Å². The van der Waals surface area contributed by atoms with Crippen molar-refractivity contribution in [1.29, 1.82) is 0 Å². The molecular weight excluding hydrogens is 414 g/mol. The van der Waals surface area contributed by atoms with Crippen LogP contribution in [0.5, 0.6) is 11.5 Å². The van der Waals surface area contributed by atoms with E-state index < -0.39 is 0 Å². The second-order valence-corrected chi connectivity index (χ2v) is 7.79. The van der Waals surface area contributed by atoms with Gasteiger partial charge in [0, 0.05) is 30.9 Å². The fourth-order valence-electron chi connectivity index (χ4n) is 3.35. The SMILES string of the molecule is CSc1nc2ncc(-c3ccnc(NCc4ccc5c(c4)OCCCO5)n3)c(C)n2n1. The monoisotopic (exact) mass is 435 g/mol. The summed E-state index contributed by atoms with van der Waals surface area (Å²) in [7, 11) is 0.